The van der Waals surface area contributed by atoms with Crippen molar-refractivity contribution in [3.05, 3.63) is 21.3 Å². The molecule has 2 rings (SSSR count). The normalized spacial score (nSPS) is 25.9. The first-order chi connectivity index (χ1) is 7.56. The predicted octanol–water partition coefficient (Wildman–Crippen LogP) is 4.49. The Kier molecular flexibility index (Phi) is 3.62. The minimum absolute atomic E-state index is 0.421. The molecule has 2 unspecified atom stereocenters. The fraction of sp³-hybridized carbons (Fsp3) is 0.692. The summed E-state index contributed by atoms with van der Waals surface area (Å²) in [5, 5.41) is 6.48. The maximum atomic E-state index is 6.26. The van der Waals surface area contributed by atoms with Crippen LogP contribution in [0, 0.1) is 11.3 Å². The van der Waals surface area contributed by atoms with E-state index in [1.54, 1.807) is 11.3 Å². The van der Waals surface area contributed by atoms with E-state index < -0.39 is 0 Å². The number of halogens is 1. The highest BCUT2D eigenvalue weighted by molar-refractivity contribution is 7.10. The summed E-state index contributed by atoms with van der Waals surface area (Å²) in [4.78, 5) is 1.31. The lowest BCUT2D eigenvalue weighted by Gasteiger charge is -2.33. The highest BCUT2D eigenvalue weighted by Gasteiger charge is 2.40. The van der Waals surface area contributed by atoms with Gasteiger partial charge in [-0.25, -0.2) is 0 Å². The van der Waals surface area contributed by atoms with Crippen LogP contribution in [0.4, 0.5) is 0 Å². The molecule has 1 aliphatic rings. The van der Waals surface area contributed by atoms with Gasteiger partial charge in [-0.15, -0.1) is 11.3 Å². The van der Waals surface area contributed by atoms with E-state index in [1.165, 1.54) is 24.1 Å². The molecule has 1 aromatic rings. The number of nitrogens with one attached hydrogen (secondary N) is 1. The smallest absolute Gasteiger partial charge is 0.0561 e. The fourth-order valence-corrected chi connectivity index (χ4v) is 4.36. The van der Waals surface area contributed by atoms with Crippen LogP contribution in [-0.4, -0.2) is 7.05 Å². The molecule has 1 aromatic heterocycles. The van der Waals surface area contributed by atoms with Gasteiger partial charge in [0.2, 0.25) is 0 Å². The van der Waals surface area contributed by atoms with Crippen LogP contribution >= 0.6 is 22.9 Å². The molecule has 0 spiro atoms. The van der Waals surface area contributed by atoms with E-state index in [9.17, 15) is 0 Å². The topological polar surface area (TPSA) is 12.0 Å². The Hall–Kier alpha value is -0.0500. The van der Waals surface area contributed by atoms with Crippen molar-refractivity contribution >= 4 is 22.9 Å². The summed E-state index contributed by atoms with van der Waals surface area (Å²) >= 11 is 8.03. The average molecular weight is 258 g/mol. The van der Waals surface area contributed by atoms with Gasteiger partial charge in [0, 0.05) is 10.9 Å². The molecule has 2 atom stereocenters. The van der Waals surface area contributed by atoms with Crippen LogP contribution < -0.4 is 5.32 Å². The number of hydrogen-bond donors (Lipinski definition) is 1. The molecule has 1 saturated carbocycles. The van der Waals surface area contributed by atoms with Crippen LogP contribution in [0.3, 0.4) is 0 Å². The van der Waals surface area contributed by atoms with E-state index in [0.717, 1.165) is 5.02 Å². The Balaban J connectivity index is 2.27. The van der Waals surface area contributed by atoms with E-state index in [4.69, 9.17) is 11.6 Å². The van der Waals surface area contributed by atoms with E-state index >= 15 is 0 Å². The second-order valence-electron chi connectivity index (χ2n) is 5.39. The number of hydrogen-bond acceptors (Lipinski definition) is 2. The van der Waals surface area contributed by atoms with Crippen LogP contribution in [0.5, 0.6) is 0 Å². The largest absolute Gasteiger partial charge is 0.312 e. The molecular weight excluding hydrogens is 238 g/mol. The quantitative estimate of drug-likeness (QED) is 0.841. The summed E-state index contributed by atoms with van der Waals surface area (Å²) in [6, 6.07) is 2.43. The first kappa shape index (κ1) is 12.4. The second-order valence-corrected chi connectivity index (χ2v) is 6.74. The van der Waals surface area contributed by atoms with Crippen LogP contribution in [0.2, 0.25) is 5.02 Å². The zero-order valence-corrected chi connectivity index (χ0v) is 11.8. The van der Waals surface area contributed by atoms with Gasteiger partial charge in [-0.1, -0.05) is 31.9 Å². The van der Waals surface area contributed by atoms with E-state index in [0.29, 0.717) is 17.4 Å². The molecule has 16 heavy (non-hydrogen) atoms. The molecule has 1 N–H and O–H groups in total. The molecule has 1 aliphatic carbocycles. The van der Waals surface area contributed by atoms with Crippen LogP contribution in [0.25, 0.3) is 0 Å². The second kappa shape index (κ2) is 4.67. The zero-order chi connectivity index (χ0) is 11.8. The van der Waals surface area contributed by atoms with Gasteiger partial charge in [0.05, 0.1) is 5.02 Å². The highest BCUT2D eigenvalue weighted by atomic mass is 35.5. The Morgan fingerprint density at radius 2 is 2.31 bits per heavy atom. The van der Waals surface area contributed by atoms with Crippen molar-refractivity contribution in [1.29, 1.82) is 0 Å². The molecule has 0 bridgehead atoms. The molecular formula is C13H20ClNS. The van der Waals surface area contributed by atoms with E-state index in [1.807, 2.05) is 6.07 Å². The maximum Gasteiger partial charge on any atom is 0.0561 e. The summed E-state index contributed by atoms with van der Waals surface area (Å²) in [5.41, 5.74) is 0.432. The molecule has 1 fully saturated rings. The Morgan fingerprint density at radius 1 is 1.56 bits per heavy atom. The van der Waals surface area contributed by atoms with E-state index in [2.05, 4.69) is 31.6 Å². The molecule has 1 heterocycles. The fourth-order valence-electron chi connectivity index (χ4n) is 3.01. The summed E-state index contributed by atoms with van der Waals surface area (Å²) in [6.45, 7) is 4.77. The Bertz CT molecular complexity index is 359. The summed E-state index contributed by atoms with van der Waals surface area (Å²) in [6.07, 6.45) is 3.99. The Morgan fingerprint density at radius 3 is 2.75 bits per heavy atom. The SMILES string of the molecule is CNC(c1sccc1Cl)C1CCCC1(C)C. The summed E-state index contributed by atoms with van der Waals surface area (Å²) in [5.74, 6) is 0.702. The van der Waals surface area contributed by atoms with Gasteiger partial charge in [0.1, 0.15) is 0 Å². The standard InChI is InChI=1S/C13H20ClNS/c1-13(2)7-4-5-9(13)11(15-3)12-10(14)6-8-16-12/h6,8-9,11,15H,4-5,7H2,1-3H3. The van der Waals surface area contributed by atoms with Crippen LogP contribution in [-0.2, 0) is 0 Å². The molecule has 0 radical (unpaired) electrons. The molecule has 90 valence electrons. The first-order valence-electron chi connectivity index (χ1n) is 5.96. The van der Waals surface area contributed by atoms with Crippen molar-refractivity contribution in [2.75, 3.05) is 7.05 Å². The minimum atomic E-state index is 0.421. The third kappa shape index (κ3) is 2.15. The average Bonchev–Trinajstić information content (AvgIpc) is 2.77. The molecule has 0 aliphatic heterocycles. The van der Waals surface area contributed by atoms with Crippen molar-refractivity contribution in [2.24, 2.45) is 11.3 Å². The van der Waals surface area contributed by atoms with Gasteiger partial charge in [0.15, 0.2) is 0 Å². The van der Waals surface area contributed by atoms with Crippen molar-refractivity contribution in [1.82, 2.24) is 5.32 Å². The van der Waals surface area contributed by atoms with Crippen molar-refractivity contribution < 1.29 is 0 Å². The van der Waals surface area contributed by atoms with Gasteiger partial charge < -0.3 is 5.32 Å². The minimum Gasteiger partial charge on any atom is -0.312 e. The van der Waals surface area contributed by atoms with Gasteiger partial charge in [-0.2, -0.15) is 0 Å². The molecule has 1 nitrogen and oxygen atoms in total. The first-order valence-corrected chi connectivity index (χ1v) is 7.22. The highest BCUT2D eigenvalue weighted by Crippen LogP contribution is 2.50. The number of thiophene rings is 1. The molecule has 3 heteroatoms. The monoisotopic (exact) mass is 257 g/mol. The van der Waals surface area contributed by atoms with Gasteiger partial charge in [-0.3, -0.25) is 0 Å². The molecule has 0 saturated heterocycles. The van der Waals surface area contributed by atoms with Gasteiger partial charge >= 0.3 is 0 Å². The van der Waals surface area contributed by atoms with Crippen LogP contribution in [0.15, 0.2) is 11.4 Å². The zero-order valence-electron chi connectivity index (χ0n) is 10.2. The summed E-state index contributed by atoms with van der Waals surface area (Å²) in [7, 11) is 2.05. The summed E-state index contributed by atoms with van der Waals surface area (Å²) < 4.78 is 0. The van der Waals surface area contributed by atoms with Crippen LogP contribution in [0.1, 0.15) is 44.0 Å². The Labute approximate surface area is 107 Å². The predicted molar refractivity (Wildman–Crippen MR) is 72.3 cm³/mol. The lowest BCUT2D eigenvalue weighted by Crippen LogP contribution is -2.31. The van der Waals surface area contributed by atoms with Gasteiger partial charge in [0.25, 0.3) is 0 Å². The third-order valence-corrected chi connectivity index (χ3v) is 5.42. The number of rotatable bonds is 3. The van der Waals surface area contributed by atoms with Crippen molar-refractivity contribution in [3.63, 3.8) is 0 Å². The third-order valence-electron chi connectivity index (χ3n) is 3.98. The van der Waals surface area contributed by atoms with Crippen molar-refractivity contribution in [2.45, 2.75) is 39.2 Å². The molecule has 0 aromatic carbocycles. The lowest BCUT2D eigenvalue weighted by molar-refractivity contribution is 0.206. The lowest BCUT2D eigenvalue weighted by atomic mass is 9.77. The van der Waals surface area contributed by atoms with Gasteiger partial charge in [-0.05, 0) is 42.7 Å². The molecule has 0 amide bonds. The van der Waals surface area contributed by atoms with Crippen molar-refractivity contribution in [3.8, 4) is 0 Å². The maximum absolute atomic E-state index is 6.26. The van der Waals surface area contributed by atoms with E-state index in [-0.39, 0.29) is 0 Å².